The third kappa shape index (κ3) is 18.0. The SMILES string of the molecule is CCOC(=O)C(CC(C)C)OS(C)(=O)=O.CCOC(=O)C(CC(C)C)n1cc(Br)ccc1=O.O=c1ccc(Br)c[nH]1. The Morgan fingerprint density at radius 2 is 1.41 bits per heavy atom. The number of aromatic nitrogens is 2. The zero-order chi connectivity index (χ0) is 31.8. The summed E-state index contributed by atoms with van der Waals surface area (Å²) in [5.74, 6) is -0.533. The molecular formula is C27H40Br2N2O9S. The minimum Gasteiger partial charge on any atom is -0.464 e. The fourth-order valence-corrected chi connectivity index (χ4v) is 4.35. The number of H-pyrrole nitrogens is 1. The summed E-state index contributed by atoms with van der Waals surface area (Å²) >= 11 is 6.48. The fourth-order valence-electron chi connectivity index (χ4n) is 3.17. The van der Waals surface area contributed by atoms with Crippen molar-refractivity contribution in [2.24, 2.45) is 11.8 Å². The average Bonchev–Trinajstić information content (AvgIpc) is 2.85. The number of hydrogen-bond donors (Lipinski definition) is 1. The number of nitrogens with zero attached hydrogens (tertiary/aromatic N) is 1. The van der Waals surface area contributed by atoms with Crippen LogP contribution in [0, 0.1) is 11.8 Å². The highest BCUT2D eigenvalue weighted by Gasteiger charge is 2.26. The van der Waals surface area contributed by atoms with Crippen molar-refractivity contribution in [1.29, 1.82) is 0 Å². The summed E-state index contributed by atoms with van der Waals surface area (Å²) in [5.41, 5.74) is -0.273. The van der Waals surface area contributed by atoms with E-state index < -0.39 is 28.2 Å². The van der Waals surface area contributed by atoms with E-state index in [1.807, 2.05) is 27.7 Å². The largest absolute Gasteiger partial charge is 0.464 e. The molecule has 0 fully saturated rings. The molecule has 2 atom stereocenters. The maximum Gasteiger partial charge on any atom is 0.336 e. The summed E-state index contributed by atoms with van der Waals surface area (Å²) in [6.07, 6.45) is 4.02. The fraction of sp³-hybridized carbons (Fsp3) is 0.556. The summed E-state index contributed by atoms with van der Waals surface area (Å²) in [7, 11) is -3.63. The number of aromatic amines is 1. The summed E-state index contributed by atoms with van der Waals surface area (Å²) < 4.78 is 39.3. The molecule has 0 aromatic carbocycles. The van der Waals surface area contributed by atoms with Gasteiger partial charge >= 0.3 is 11.9 Å². The molecule has 0 aliphatic heterocycles. The van der Waals surface area contributed by atoms with Gasteiger partial charge in [0.2, 0.25) is 5.56 Å². The molecule has 0 saturated carbocycles. The van der Waals surface area contributed by atoms with Crippen molar-refractivity contribution in [3.63, 3.8) is 0 Å². The Kier molecular flexibility index (Phi) is 18.7. The van der Waals surface area contributed by atoms with Gasteiger partial charge in [-0.25, -0.2) is 9.59 Å². The van der Waals surface area contributed by atoms with Gasteiger partial charge in [0.05, 0.1) is 19.5 Å². The van der Waals surface area contributed by atoms with Crippen molar-refractivity contribution < 1.29 is 31.7 Å². The van der Waals surface area contributed by atoms with Crippen LogP contribution in [0.2, 0.25) is 0 Å². The number of hydrogen-bond acceptors (Lipinski definition) is 9. The third-order valence-corrected chi connectivity index (χ3v) is 6.31. The van der Waals surface area contributed by atoms with Crippen LogP contribution in [-0.4, -0.2) is 55.5 Å². The van der Waals surface area contributed by atoms with Gasteiger partial charge in [0, 0.05) is 33.5 Å². The zero-order valence-electron chi connectivity index (χ0n) is 24.4. The van der Waals surface area contributed by atoms with Crippen LogP contribution in [0.1, 0.15) is 60.4 Å². The Bertz CT molecular complexity index is 1290. The van der Waals surface area contributed by atoms with Crippen LogP contribution in [0.3, 0.4) is 0 Å². The highest BCUT2D eigenvalue weighted by atomic mass is 79.9. The van der Waals surface area contributed by atoms with Gasteiger partial charge in [-0.2, -0.15) is 8.42 Å². The van der Waals surface area contributed by atoms with Crippen molar-refractivity contribution >= 4 is 53.9 Å². The van der Waals surface area contributed by atoms with Gasteiger partial charge in [-0.05, 0) is 82.5 Å². The summed E-state index contributed by atoms with van der Waals surface area (Å²) in [5, 5.41) is 0. The molecule has 2 rings (SSSR count). The predicted molar refractivity (Wildman–Crippen MR) is 164 cm³/mol. The van der Waals surface area contributed by atoms with Crippen molar-refractivity contribution in [1.82, 2.24) is 9.55 Å². The molecule has 2 unspecified atom stereocenters. The van der Waals surface area contributed by atoms with Gasteiger partial charge in [-0.15, -0.1) is 0 Å². The maximum absolute atomic E-state index is 11.9. The second kappa shape index (κ2) is 19.8. The summed E-state index contributed by atoms with van der Waals surface area (Å²) in [6.45, 7) is 11.7. The smallest absolute Gasteiger partial charge is 0.336 e. The molecular weight excluding hydrogens is 688 g/mol. The van der Waals surface area contributed by atoms with E-state index in [1.165, 1.54) is 16.7 Å². The highest BCUT2D eigenvalue weighted by Crippen LogP contribution is 2.19. The van der Waals surface area contributed by atoms with Crippen molar-refractivity contribution in [3.8, 4) is 0 Å². The molecule has 1 N–H and O–H groups in total. The number of nitrogens with one attached hydrogen (secondary N) is 1. The number of esters is 2. The van der Waals surface area contributed by atoms with Gasteiger partial charge < -0.3 is 19.0 Å². The molecule has 0 bridgehead atoms. The molecule has 0 amide bonds. The van der Waals surface area contributed by atoms with Crippen LogP contribution >= 0.6 is 31.9 Å². The average molecular weight is 728 g/mol. The zero-order valence-corrected chi connectivity index (χ0v) is 28.4. The van der Waals surface area contributed by atoms with Crippen LogP contribution < -0.4 is 11.1 Å². The first-order valence-electron chi connectivity index (χ1n) is 12.9. The number of ether oxygens (including phenoxy) is 2. The normalized spacial score (nSPS) is 12.4. The van der Waals surface area contributed by atoms with Crippen molar-refractivity contribution in [2.45, 2.75) is 66.5 Å². The Hall–Kier alpha value is -2.29. The number of carbonyl (C=O) groups is 2. The molecule has 0 aliphatic carbocycles. The van der Waals surface area contributed by atoms with Gasteiger partial charge in [-0.3, -0.25) is 13.8 Å². The minimum absolute atomic E-state index is 0.0757. The summed E-state index contributed by atoms with van der Waals surface area (Å²) in [6, 6.07) is 5.70. The second-order valence-corrected chi connectivity index (χ2v) is 13.0. The first kappa shape index (κ1) is 38.7. The first-order chi connectivity index (χ1) is 19.0. The lowest BCUT2D eigenvalue weighted by Crippen LogP contribution is -2.31. The number of halogens is 2. The van der Waals surface area contributed by atoms with E-state index in [-0.39, 0.29) is 29.6 Å². The minimum atomic E-state index is -3.63. The maximum atomic E-state index is 11.9. The van der Waals surface area contributed by atoms with E-state index in [2.05, 4.69) is 41.0 Å². The molecule has 14 heteroatoms. The lowest BCUT2D eigenvalue weighted by molar-refractivity contribution is -0.152. The number of pyridine rings is 2. The molecule has 0 aliphatic rings. The Balaban J connectivity index is 0.000000625. The van der Waals surface area contributed by atoms with Crippen LogP contribution in [0.15, 0.2) is 55.2 Å². The van der Waals surface area contributed by atoms with E-state index in [0.29, 0.717) is 25.4 Å². The Morgan fingerprint density at radius 1 is 0.878 bits per heavy atom. The summed E-state index contributed by atoms with van der Waals surface area (Å²) in [4.78, 5) is 48.0. The Labute approximate surface area is 258 Å². The molecule has 0 spiro atoms. The van der Waals surface area contributed by atoms with Crippen molar-refractivity contribution in [3.05, 3.63) is 66.3 Å². The third-order valence-electron chi connectivity index (χ3n) is 4.76. The quantitative estimate of drug-likeness (QED) is 0.253. The Morgan fingerprint density at radius 3 is 1.85 bits per heavy atom. The predicted octanol–water partition coefficient (Wildman–Crippen LogP) is 4.84. The molecule has 41 heavy (non-hydrogen) atoms. The number of carbonyl (C=O) groups excluding carboxylic acids is 2. The molecule has 11 nitrogen and oxygen atoms in total. The van der Waals surface area contributed by atoms with E-state index in [1.54, 1.807) is 38.4 Å². The monoisotopic (exact) mass is 726 g/mol. The molecule has 2 aromatic heterocycles. The van der Waals surface area contributed by atoms with E-state index in [0.717, 1.165) is 15.2 Å². The number of rotatable bonds is 11. The molecule has 232 valence electrons. The molecule has 2 heterocycles. The van der Waals surface area contributed by atoms with Crippen LogP contribution in [0.25, 0.3) is 0 Å². The van der Waals surface area contributed by atoms with Gasteiger partial charge in [0.1, 0.15) is 6.04 Å². The van der Waals surface area contributed by atoms with E-state index in [4.69, 9.17) is 9.47 Å². The van der Waals surface area contributed by atoms with E-state index in [9.17, 15) is 27.6 Å². The molecule has 2 aromatic rings. The van der Waals surface area contributed by atoms with Crippen molar-refractivity contribution in [2.75, 3.05) is 19.5 Å². The highest BCUT2D eigenvalue weighted by molar-refractivity contribution is 9.10. The van der Waals surface area contributed by atoms with Crippen LogP contribution in [0.5, 0.6) is 0 Å². The van der Waals surface area contributed by atoms with Crippen LogP contribution in [-0.2, 0) is 33.4 Å². The van der Waals surface area contributed by atoms with Gasteiger partial charge in [0.15, 0.2) is 6.10 Å². The van der Waals surface area contributed by atoms with Crippen LogP contribution in [0.4, 0.5) is 0 Å². The van der Waals surface area contributed by atoms with E-state index >= 15 is 0 Å². The van der Waals surface area contributed by atoms with Gasteiger partial charge in [-0.1, -0.05) is 27.7 Å². The topological polar surface area (TPSA) is 151 Å². The standard InChI is InChI=1S/C13H18BrNO3.C9H18O5S.C5H4BrNO/c1-4-18-13(17)11(7-9(2)3)15-8-10(14)5-6-12(15)16;1-5-13-9(10)8(6-7(2)3)14-15(4,11)12;6-4-1-2-5(8)7-3-4/h5-6,8-9,11H,4,7H2,1-3H3;7-8H,5-6H2,1-4H3;1-3H,(H,7,8). The lowest BCUT2D eigenvalue weighted by atomic mass is 10.0. The lowest BCUT2D eigenvalue weighted by Gasteiger charge is -2.20. The van der Waals surface area contributed by atoms with Gasteiger partial charge in [0.25, 0.3) is 15.7 Å². The molecule has 0 saturated heterocycles. The second-order valence-electron chi connectivity index (χ2n) is 9.53. The molecule has 0 radical (unpaired) electrons. The first-order valence-corrected chi connectivity index (χ1v) is 16.3.